The molecule has 16 heavy (non-hydrogen) atoms. The lowest BCUT2D eigenvalue weighted by atomic mass is 9.74. The molecule has 0 aromatic carbocycles. The number of hydrogen-bond acceptors (Lipinski definition) is 3. The minimum atomic E-state index is 0.190. The molecular formula is C13H29N3. The highest BCUT2D eigenvalue weighted by Gasteiger charge is 2.31. The first kappa shape index (κ1) is 15.3. The summed E-state index contributed by atoms with van der Waals surface area (Å²) in [5.41, 5.74) is 8.06. The van der Waals surface area contributed by atoms with Crippen LogP contribution in [-0.2, 0) is 0 Å². The van der Waals surface area contributed by atoms with Crippen LogP contribution in [0.25, 0.3) is 0 Å². The third kappa shape index (κ3) is 4.88. The summed E-state index contributed by atoms with van der Waals surface area (Å²) >= 11 is 0. The van der Waals surface area contributed by atoms with E-state index in [2.05, 4.69) is 51.8 Å². The van der Waals surface area contributed by atoms with Crippen LogP contribution < -0.4 is 11.0 Å². The lowest BCUT2D eigenvalue weighted by molar-refractivity contribution is 0.236. The number of nitrogens with zero attached hydrogens (tertiary/aromatic N) is 1. The zero-order valence-electron chi connectivity index (χ0n) is 12.2. The molecule has 1 aliphatic rings. The van der Waals surface area contributed by atoms with Gasteiger partial charge in [-0.05, 0) is 11.8 Å². The van der Waals surface area contributed by atoms with Crippen molar-refractivity contribution in [2.24, 2.45) is 10.8 Å². The van der Waals surface area contributed by atoms with E-state index in [0.717, 1.165) is 6.42 Å². The fourth-order valence-corrected chi connectivity index (χ4v) is 2.17. The van der Waals surface area contributed by atoms with Crippen molar-refractivity contribution >= 4 is 0 Å². The second kappa shape index (κ2) is 5.58. The van der Waals surface area contributed by atoms with Gasteiger partial charge in [0.2, 0.25) is 0 Å². The molecule has 0 atom stereocenters. The molecule has 3 heteroatoms. The summed E-state index contributed by atoms with van der Waals surface area (Å²) in [7, 11) is 1.99. The Kier molecular flexibility index (Phi) is 5.33. The first-order valence-corrected chi connectivity index (χ1v) is 6.17. The van der Waals surface area contributed by atoms with Gasteiger partial charge in [0.15, 0.2) is 0 Å². The second-order valence-corrected chi connectivity index (χ2v) is 6.01. The topological polar surface area (TPSA) is 27.3 Å². The van der Waals surface area contributed by atoms with Crippen molar-refractivity contribution in [1.82, 2.24) is 16.0 Å². The number of hydrogen-bond donors (Lipinski definition) is 2. The van der Waals surface area contributed by atoms with Crippen molar-refractivity contribution in [3.8, 4) is 0 Å². The van der Waals surface area contributed by atoms with E-state index in [1.165, 1.54) is 5.70 Å². The van der Waals surface area contributed by atoms with Gasteiger partial charge in [0.05, 0.1) is 5.70 Å². The largest absolute Gasteiger partial charge is 0.306 e. The van der Waals surface area contributed by atoms with E-state index in [1.54, 1.807) is 0 Å². The molecule has 0 bridgehead atoms. The van der Waals surface area contributed by atoms with Crippen LogP contribution in [0.3, 0.4) is 0 Å². The fourth-order valence-electron chi connectivity index (χ4n) is 2.17. The minimum Gasteiger partial charge on any atom is -0.306 e. The third-order valence-corrected chi connectivity index (χ3v) is 2.39. The smallest absolute Gasteiger partial charge is 0.0509 e. The zero-order valence-corrected chi connectivity index (χ0v) is 12.2. The Morgan fingerprint density at radius 3 is 1.94 bits per heavy atom. The normalized spacial score (nSPS) is 16.2. The maximum absolute atomic E-state index is 3.21. The Bertz CT molecular complexity index is 236. The van der Waals surface area contributed by atoms with Gasteiger partial charge in [-0.1, -0.05) is 48.5 Å². The van der Waals surface area contributed by atoms with Crippen molar-refractivity contribution < 1.29 is 0 Å². The quantitative estimate of drug-likeness (QED) is 0.758. The number of hydrazine groups is 2. The van der Waals surface area contributed by atoms with Crippen molar-refractivity contribution in [3.63, 3.8) is 0 Å². The summed E-state index contributed by atoms with van der Waals surface area (Å²) < 4.78 is 0. The molecule has 0 saturated heterocycles. The van der Waals surface area contributed by atoms with Gasteiger partial charge in [-0.3, -0.25) is 5.01 Å². The van der Waals surface area contributed by atoms with Gasteiger partial charge in [-0.15, -0.1) is 5.53 Å². The maximum atomic E-state index is 3.21. The van der Waals surface area contributed by atoms with Crippen LogP contribution in [0.1, 0.15) is 54.9 Å². The van der Waals surface area contributed by atoms with Crippen molar-refractivity contribution in [1.29, 1.82) is 0 Å². The first-order valence-electron chi connectivity index (χ1n) is 6.17. The second-order valence-electron chi connectivity index (χ2n) is 6.01. The Morgan fingerprint density at radius 2 is 1.62 bits per heavy atom. The molecule has 1 rings (SSSR count). The standard InChI is InChI=1S/C11H23N3.C2H6/c1-10(2,3)8-11(4,5)9-7-14(6)13-12-9;1-2/h7,12-13H,8H2,1-6H3;1-2H3. The molecular weight excluding hydrogens is 198 g/mol. The van der Waals surface area contributed by atoms with Crippen LogP contribution in [0.2, 0.25) is 0 Å². The van der Waals surface area contributed by atoms with Crippen LogP contribution in [0.4, 0.5) is 0 Å². The molecule has 0 amide bonds. The van der Waals surface area contributed by atoms with Gasteiger partial charge in [0.25, 0.3) is 0 Å². The molecule has 3 nitrogen and oxygen atoms in total. The predicted molar refractivity (Wildman–Crippen MR) is 71.3 cm³/mol. The van der Waals surface area contributed by atoms with E-state index >= 15 is 0 Å². The van der Waals surface area contributed by atoms with E-state index in [4.69, 9.17) is 0 Å². The van der Waals surface area contributed by atoms with E-state index in [1.807, 2.05) is 25.9 Å². The maximum Gasteiger partial charge on any atom is 0.0509 e. The van der Waals surface area contributed by atoms with Crippen LogP contribution in [0.15, 0.2) is 11.9 Å². The molecule has 0 aliphatic carbocycles. The Labute approximate surface area is 101 Å². The fraction of sp³-hybridized carbons (Fsp3) is 0.846. The van der Waals surface area contributed by atoms with E-state index in [-0.39, 0.29) is 5.41 Å². The Hall–Kier alpha value is -0.700. The molecule has 0 saturated carbocycles. The first-order chi connectivity index (χ1) is 7.21. The van der Waals surface area contributed by atoms with Gasteiger partial charge in [-0.2, -0.15) is 0 Å². The highest BCUT2D eigenvalue weighted by atomic mass is 15.7. The van der Waals surface area contributed by atoms with Crippen molar-refractivity contribution in [2.75, 3.05) is 7.05 Å². The van der Waals surface area contributed by atoms with Crippen molar-refractivity contribution in [2.45, 2.75) is 54.9 Å². The lowest BCUT2D eigenvalue weighted by Gasteiger charge is -2.32. The SMILES string of the molecule is CC.CN1C=C(C(C)(C)CC(C)(C)C)NN1. The average Bonchev–Trinajstić information content (AvgIpc) is 2.52. The number of rotatable bonds is 2. The zero-order chi connectivity index (χ0) is 13.0. The summed E-state index contributed by atoms with van der Waals surface area (Å²) in [4.78, 5) is 0. The van der Waals surface area contributed by atoms with E-state index in [9.17, 15) is 0 Å². The molecule has 0 fully saturated rings. The number of nitrogens with one attached hydrogen (secondary N) is 2. The van der Waals surface area contributed by atoms with Gasteiger partial charge in [0.1, 0.15) is 0 Å². The van der Waals surface area contributed by atoms with Crippen LogP contribution in [0.5, 0.6) is 0 Å². The number of allylic oxidation sites excluding steroid dienone is 1. The van der Waals surface area contributed by atoms with E-state index in [0.29, 0.717) is 5.41 Å². The summed E-state index contributed by atoms with van der Waals surface area (Å²) in [6.07, 6.45) is 3.28. The van der Waals surface area contributed by atoms with Gasteiger partial charge < -0.3 is 5.43 Å². The minimum absolute atomic E-state index is 0.190. The van der Waals surface area contributed by atoms with Gasteiger partial charge in [-0.25, -0.2) is 0 Å². The molecule has 0 spiro atoms. The lowest BCUT2D eigenvalue weighted by Crippen LogP contribution is -2.37. The van der Waals surface area contributed by atoms with Crippen LogP contribution in [-0.4, -0.2) is 12.1 Å². The molecule has 1 heterocycles. The van der Waals surface area contributed by atoms with Crippen molar-refractivity contribution in [3.05, 3.63) is 11.9 Å². The molecule has 96 valence electrons. The summed E-state index contributed by atoms with van der Waals surface area (Å²) in [5.74, 6) is 0. The monoisotopic (exact) mass is 227 g/mol. The average molecular weight is 227 g/mol. The highest BCUT2D eigenvalue weighted by Crippen LogP contribution is 2.38. The molecule has 0 aromatic rings. The molecule has 0 aromatic heterocycles. The van der Waals surface area contributed by atoms with E-state index < -0.39 is 0 Å². The van der Waals surface area contributed by atoms with Gasteiger partial charge in [0, 0.05) is 18.7 Å². The molecule has 1 aliphatic heterocycles. The van der Waals surface area contributed by atoms with Gasteiger partial charge >= 0.3 is 0 Å². The van der Waals surface area contributed by atoms with Crippen LogP contribution in [0, 0.1) is 10.8 Å². The third-order valence-electron chi connectivity index (χ3n) is 2.39. The summed E-state index contributed by atoms with van der Waals surface area (Å²) in [6.45, 7) is 15.4. The summed E-state index contributed by atoms with van der Waals surface area (Å²) in [6, 6.07) is 0. The Balaban J connectivity index is 0.00000106. The predicted octanol–water partition coefficient (Wildman–Crippen LogP) is 3.27. The Morgan fingerprint density at radius 1 is 1.12 bits per heavy atom. The summed E-state index contributed by atoms with van der Waals surface area (Å²) in [5, 5.41) is 1.94. The van der Waals surface area contributed by atoms with Crippen LogP contribution >= 0.6 is 0 Å². The molecule has 0 unspecified atom stereocenters. The highest BCUT2D eigenvalue weighted by molar-refractivity contribution is 5.11. The molecule has 2 N–H and O–H groups in total. The molecule has 0 radical (unpaired) electrons.